The second-order valence-corrected chi connectivity index (χ2v) is 8.56. The average Bonchev–Trinajstić information content (AvgIpc) is 3.36. The third-order valence-corrected chi connectivity index (χ3v) is 6.46. The smallest absolute Gasteiger partial charge is 0.321 e. The number of amides is 3. The Labute approximate surface area is 195 Å². The van der Waals surface area contributed by atoms with Crippen molar-refractivity contribution in [2.75, 3.05) is 37.9 Å². The van der Waals surface area contributed by atoms with Crippen LogP contribution in [0.3, 0.4) is 0 Å². The van der Waals surface area contributed by atoms with Gasteiger partial charge in [0, 0.05) is 30.8 Å². The van der Waals surface area contributed by atoms with Crippen molar-refractivity contribution in [1.29, 1.82) is 0 Å². The van der Waals surface area contributed by atoms with Crippen molar-refractivity contribution in [3.8, 4) is 11.5 Å². The first-order valence-corrected chi connectivity index (χ1v) is 11.4. The number of methoxy groups -OCH3 is 2. The summed E-state index contributed by atoms with van der Waals surface area (Å²) in [7, 11) is 3.12. The molecule has 10 heteroatoms. The topological polar surface area (TPSA) is 106 Å². The Bertz CT molecular complexity index is 1120. The summed E-state index contributed by atoms with van der Waals surface area (Å²) < 4.78 is 10.6. The Kier molecular flexibility index (Phi) is 7.04. The molecule has 172 valence electrons. The number of likely N-dealkylation sites (tertiary alicyclic amines) is 1. The second kappa shape index (κ2) is 10.3. The number of anilines is 2. The highest BCUT2D eigenvalue weighted by Crippen LogP contribution is 2.32. The number of rotatable bonds is 6. The van der Waals surface area contributed by atoms with E-state index < -0.39 is 0 Å². The lowest BCUT2D eigenvalue weighted by atomic mass is 9.99. The predicted molar refractivity (Wildman–Crippen MR) is 126 cm³/mol. The molecule has 2 aromatic carbocycles. The lowest BCUT2D eigenvalue weighted by Gasteiger charge is -2.31. The van der Waals surface area contributed by atoms with Crippen molar-refractivity contribution < 1.29 is 19.1 Å². The molecule has 1 aliphatic rings. The van der Waals surface area contributed by atoms with Crippen molar-refractivity contribution in [2.45, 2.75) is 18.8 Å². The summed E-state index contributed by atoms with van der Waals surface area (Å²) in [6.07, 6.45) is 1.72. The summed E-state index contributed by atoms with van der Waals surface area (Å²) in [5.74, 6) is 0.903. The van der Waals surface area contributed by atoms with Crippen LogP contribution < -0.4 is 20.1 Å². The molecule has 0 saturated carbocycles. The fourth-order valence-electron chi connectivity index (χ4n) is 3.66. The molecule has 1 aromatic heterocycles. The van der Waals surface area contributed by atoms with Gasteiger partial charge in [-0.2, -0.15) is 0 Å². The zero-order valence-corrected chi connectivity index (χ0v) is 19.2. The van der Waals surface area contributed by atoms with Crippen LogP contribution in [0, 0.1) is 0 Å². The van der Waals surface area contributed by atoms with Crippen LogP contribution in [-0.4, -0.2) is 54.3 Å². The number of hydrogen-bond donors (Lipinski definition) is 2. The molecule has 1 fully saturated rings. The van der Waals surface area contributed by atoms with Gasteiger partial charge in [0.15, 0.2) is 0 Å². The number of aromatic nitrogens is 2. The molecule has 9 nitrogen and oxygen atoms in total. The molecule has 0 spiro atoms. The number of para-hydroxylation sites is 1. The Morgan fingerprint density at radius 1 is 1.06 bits per heavy atom. The Morgan fingerprint density at radius 3 is 2.64 bits per heavy atom. The highest BCUT2D eigenvalue weighted by Gasteiger charge is 2.28. The van der Waals surface area contributed by atoms with Crippen molar-refractivity contribution in [3.63, 3.8) is 0 Å². The van der Waals surface area contributed by atoms with Gasteiger partial charge >= 0.3 is 6.03 Å². The van der Waals surface area contributed by atoms with Crippen LogP contribution in [0.25, 0.3) is 0 Å². The van der Waals surface area contributed by atoms with Crippen molar-refractivity contribution in [1.82, 2.24) is 15.1 Å². The van der Waals surface area contributed by atoms with Crippen LogP contribution in [-0.2, 0) is 0 Å². The highest BCUT2D eigenvalue weighted by atomic mass is 32.1. The summed E-state index contributed by atoms with van der Waals surface area (Å²) >= 11 is 1.27. The van der Waals surface area contributed by atoms with Gasteiger partial charge in [-0.15, -0.1) is 10.2 Å². The van der Waals surface area contributed by atoms with Gasteiger partial charge in [0.2, 0.25) is 5.01 Å². The summed E-state index contributed by atoms with van der Waals surface area (Å²) in [5, 5.41) is 15.1. The van der Waals surface area contributed by atoms with Crippen LogP contribution in [0.15, 0.2) is 48.5 Å². The number of nitrogens with zero attached hydrogens (tertiary/aromatic N) is 3. The molecule has 33 heavy (non-hydrogen) atoms. The first-order chi connectivity index (χ1) is 16.1. The van der Waals surface area contributed by atoms with Crippen molar-refractivity contribution in [3.05, 3.63) is 58.5 Å². The first kappa shape index (κ1) is 22.5. The molecule has 2 N–H and O–H groups in total. The maximum Gasteiger partial charge on any atom is 0.321 e. The molecule has 0 radical (unpaired) electrons. The predicted octanol–water partition coefficient (Wildman–Crippen LogP) is 4.22. The van der Waals surface area contributed by atoms with E-state index >= 15 is 0 Å². The number of carbonyl (C=O) groups is 2. The van der Waals surface area contributed by atoms with E-state index in [4.69, 9.17) is 9.47 Å². The van der Waals surface area contributed by atoms with E-state index in [1.807, 2.05) is 30.3 Å². The first-order valence-electron chi connectivity index (χ1n) is 10.5. The molecule has 0 unspecified atom stereocenters. The lowest BCUT2D eigenvalue weighted by Crippen LogP contribution is -2.41. The number of nitrogens with one attached hydrogen (secondary N) is 2. The Morgan fingerprint density at radius 2 is 1.88 bits per heavy atom. The van der Waals surface area contributed by atoms with Crippen molar-refractivity contribution in [2.24, 2.45) is 0 Å². The van der Waals surface area contributed by atoms with Gasteiger partial charge in [0.05, 0.1) is 19.9 Å². The number of hydrogen-bond acceptors (Lipinski definition) is 7. The van der Waals surface area contributed by atoms with Crippen molar-refractivity contribution >= 4 is 34.6 Å². The molecule has 0 aliphatic carbocycles. The standard InChI is InChI=1S/C23H25N5O4S/c1-31-17-10-11-18(19(13-17)32-2)25-23(30)28-12-6-7-15(14-28)21-26-27-22(33-21)20(29)24-16-8-4-3-5-9-16/h3-5,8-11,13,15H,6-7,12,14H2,1-2H3,(H,24,29)(H,25,30)/t15-/m1/s1. The monoisotopic (exact) mass is 467 g/mol. The molecule has 2 heterocycles. The van der Waals surface area contributed by atoms with Crippen LogP contribution in [0.4, 0.5) is 16.2 Å². The molecule has 3 amide bonds. The fourth-order valence-corrected chi connectivity index (χ4v) is 4.52. The van der Waals surface area contributed by atoms with Gasteiger partial charge < -0.3 is 25.0 Å². The van der Waals surface area contributed by atoms with E-state index in [0.717, 1.165) is 17.8 Å². The van der Waals surface area contributed by atoms with E-state index in [1.165, 1.54) is 11.3 Å². The molecule has 4 rings (SSSR count). The normalized spacial score (nSPS) is 15.6. The van der Waals surface area contributed by atoms with Gasteiger partial charge in [-0.05, 0) is 37.1 Å². The van der Waals surface area contributed by atoms with Crippen LogP contribution in [0.5, 0.6) is 11.5 Å². The molecule has 1 aliphatic heterocycles. The highest BCUT2D eigenvalue weighted by molar-refractivity contribution is 7.13. The zero-order valence-electron chi connectivity index (χ0n) is 18.4. The van der Waals surface area contributed by atoms with Gasteiger partial charge in [-0.1, -0.05) is 29.5 Å². The quantitative estimate of drug-likeness (QED) is 0.562. The summed E-state index contributed by atoms with van der Waals surface area (Å²) in [4.78, 5) is 27.2. The fraction of sp³-hybridized carbons (Fsp3) is 0.304. The molecule has 1 atom stereocenters. The van der Waals surface area contributed by atoms with E-state index in [2.05, 4.69) is 20.8 Å². The van der Waals surface area contributed by atoms with E-state index in [1.54, 1.807) is 37.3 Å². The van der Waals surface area contributed by atoms with Crippen LogP contribution in [0.2, 0.25) is 0 Å². The third kappa shape index (κ3) is 5.40. The number of benzene rings is 2. The number of urea groups is 1. The van der Waals surface area contributed by atoms with E-state index in [9.17, 15) is 9.59 Å². The van der Waals surface area contributed by atoms with Gasteiger partial charge in [0.25, 0.3) is 5.91 Å². The second-order valence-electron chi connectivity index (χ2n) is 7.55. The van der Waals surface area contributed by atoms with E-state index in [-0.39, 0.29) is 17.9 Å². The maximum absolute atomic E-state index is 12.9. The number of piperidine rings is 1. The lowest BCUT2D eigenvalue weighted by molar-refractivity contribution is 0.102. The molecule has 1 saturated heterocycles. The van der Waals surface area contributed by atoms with Gasteiger partial charge in [-0.25, -0.2) is 4.79 Å². The minimum Gasteiger partial charge on any atom is -0.497 e. The molecule has 0 bridgehead atoms. The molecular formula is C23H25N5O4S. The maximum atomic E-state index is 12.9. The van der Waals surface area contributed by atoms with Crippen LogP contribution >= 0.6 is 11.3 Å². The minimum atomic E-state index is -0.290. The van der Waals surface area contributed by atoms with Crippen LogP contribution in [0.1, 0.15) is 33.6 Å². The zero-order chi connectivity index (χ0) is 23.2. The number of ether oxygens (including phenoxy) is 2. The largest absolute Gasteiger partial charge is 0.497 e. The minimum absolute atomic E-state index is 0.0260. The number of carbonyl (C=O) groups excluding carboxylic acids is 2. The van der Waals surface area contributed by atoms with Gasteiger partial charge in [0.1, 0.15) is 16.5 Å². The Hall–Kier alpha value is -3.66. The van der Waals surface area contributed by atoms with Gasteiger partial charge in [-0.3, -0.25) is 4.79 Å². The summed E-state index contributed by atoms with van der Waals surface area (Å²) in [6.45, 7) is 1.14. The average molecular weight is 468 g/mol. The Balaban J connectivity index is 1.39. The summed E-state index contributed by atoms with van der Waals surface area (Å²) in [6, 6.07) is 14.2. The SMILES string of the molecule is COc1ccc(NC(=O)N2CCC[C@@H](c3nnc(C(=O)Nc4ccccc4)s3)C2)c(OC)c1. The molecular weight excluding hydrogens is 442 g/mol. The summed E-state index contributed by atoms with van der Waals surface area (Å²) in [5.41, 5.74) is 1.27. The van der Waals surface area contributed by atoms with E-state index in [0.29, 0.717) is 41.0 Å². The third-order valence-electron chi connectivity index (χ3n) is 5.37. The molecule has 3 aromatic rings.